The number of hydrogen-bond donors (Lipinski definition) is 1. The molecule has 0 aliphatic heterocycles. The maximum atomic E-state index is 10.1. The fourth-order valence-electron chi connectivity index (χ4n) is 0.708. The lowest BCUT2D eigenvalue weighted by Crippen LogP contribution is -2.30. The number of aliphatic carboxylic acids is 1. The predicted molar refractivity (Wildman–Crippen MR) is 39.7 cm³/mol. The Balaban J connectivity index is 3.73. The molecule has 0 amide bonds. The van der Waals surface area contributed by atoms with Crippen LogP contribution in [0.5, 0.6) is 0 Å². The van der Waals surface area contributed by atoms with Crippen molar-refractivity contribution >= 4 is 5.97 Å². The lowest BCUT2D eigenvalue weighted by molar-refractivity contribution is -0.300. The van der Waals surface area contributed by atoms with Gasteiger partial charge >= 0.3 is 0 Å². The summed E-state index contributed by atoms with van der Waals surface area (Å²) in [6.45, 7) is 5.16. The highest BCUT2D eigenvalue weighted by atomic mass is 16.4. The molecular weight excluding hydrogens is 144 g/mol. The van der Waals surface area contributed by atoms with Crippen LogP contribution in [0.4, 0.5) is 0 Å². The van der Waals surface area contributed by atoms with E-state index in [-0.39, 0.29) is 5.57 Å². The Labute approximate surface area is 66.4 Å². The van der Waals surface area contributed by atoms with Gasteiger partial charge in [0, 0.05) is 0 Å². The van der Waals surface area contributed by atoms with Crippen molar-refractivity contribution in [3.8, 4) is 0 Å². The molecule has 0 aromatic rings. The molecule has 11 heavy (non-hydrogen) atoms. The molecular formula is C8H13O3-. The molecule has 3 nitrogen and oxygen atoms in total. The SMILES string of the molecule is C=C(C(=O)[O-])C(O)CCCC. The molecule has 1 unspecified atom stereocenters. The van der Waals surface area contributed by atoms with Crippen molar-refractivity contribution in [2.24, 2.45) is 0 Å². The molecule has 0 fully saturated rings. The van der Waals surface area contributed by atoms with Gasteiger partial charge in [0.1, 0.15) is 0 Å². The van der Waals surface area contributed by atoms with E-state index in [0.717, 1.165) is 12.8 Å². The fourth-order valence-corrected chi connectivity index (χ4v) is 0.708. The van der Waals surface area contributed by atoms with Gasteiger partial charge in [-0.1, -0.05) is 26.3 Å². The van der Waals surface area contributed by atoms with Gasteiger partial charge in [-0.05, 0) is 12.0 Å². The maximum Gasteiger partial charge on any atom is 0.0801 e. The van der Waals surface area contributed by atoms with Crippen LogP contribution in [0, 0.1) is 0 Å². The van der Waals surface area contributed by atoms with Gasteiger partial charge in [0.25, 0.3) is 0 Å². The molecule has 0 aliphatic carbocycles. The number of carbonyl (C=O) groups excluding carboxylic acids is 1. The van der Waals surface area contributed by atoms with Crippen molar-refractivity contribution in [1.82, 2.24) is 0 Å². The first-order valence-electron chi connectivity index (χ1n) is 3.67. The first kappa shape index (κ1) is 10.2. The van der Waals surface area contributed by atoms with Crippen molar-refractivity contribution in [3.05, 3.63) is 12.2 Å². The molecule has 1 N–H and O–H groups in total. The van der Waals surface area contributed by atoms with Crippen molar-refractivity contribution < 1.29 is 15.0 Å². The minimum absolute atomic E-state index is 0.224. The highest BCUT2D eigenvalue weighted by Gasteiger charge is 2.07. The molecule has 3 heteroatoms. The summed E-state index contributed by atoms with van der Waals surface area (Å²) in [6, 6.07) is 0. The van der Waals surface area contributed by atoms with E-state index in [4.69, 9.17) is 5.11 Å². The summed E-state index contributed by atoms with van der Waals surface area (Å²) in [5.74, 6) is -1.37. The minimum atomic E-state index is -1.37. The fraction of sp³-hybridized carbons (Fsp3) is 0.625. The van der Waals surface area contributed by atoms with Crippen LogP contribution in [0.2, 0.25) is 0 Å². The van der Waals surface area contributed by atoms with Crippen molar-refractivity contribution in [2.45, 2.75) is 32.3 Å². The second-order valence-electron chi connectivity index (χ2n) is 2.47. The highest BCUT2D eigenvalue weighted by molar-refractivity contribution is 5.84. The lowest BCUT2D eigenvalue weighted by Gasteiger charge is -2.13. The van der Waals surface area contributed by atoms with Gasteiger partial charge in [-0.3, -0.25) is 0 Å². The number of carbonyl (C=O) groups is 1. The van der Waals surface area contributed by atoms with E-state index in [1.54, 1.807) is 0 Å². The summed E-state index contributed by atoms with van der Waals surface area (Å²) < 4.78 is 0. The Kier molecular flexibility index (Phi) is 4.54. The second kappa shape index (κ2) is 4.91. The number of hydrogen-bond acceptors (Lipinski definition) is 3. The molecule has 0 saturated heterocycles. The molecule has 0 aliphatic rings. The quantitative estimate of drug-likeness (QED) is 0.564. The predicted octanol–water partition coefficient (Wildman–Crippen LogP) is -0.156. The first-order valence-corrected chi connectivity index (χ1v) is 3.67. The van der Waals surface area contributed by atoms with Gasteiger partial charge in [0.2, 0.25) is 0 Å². The summed E-state index contributed by atoms with van der Waals surface area (Å²) in [7, 11) is 0. The zero-order valence-corrected chi connectivity index (χ0v) is 6.67. The number of unbranched alkanes of at least 4 members (excludes halogenated alkanes) is 1. The monoisotopic (exact) mass is 157 g/mol. The van der Waals surface area contributed by atoms with Crippen molar-refractivity contribution in [2.75, 3.05) is 0 Å². The Morgan fingerprint density at radius 2 is 2.27 bits per heavy atom. The molecule has 0 aromatic heterocycles. The smallest absolute Gasteiger partial charge is 0.0801 e. The van der Waals surface area contributed by atoms with E-state index >= 15 is 0 Å². The van der Waals surface area contributed by atoms with Gasteiger partial charge in [-0.2, -0.15) is 0 Å². The van der Waals surface area contributed by atoms with Crippen molar-refractivity contribution in [3.63, 3.8) is 0 Å². The van der Waals surface area contributed by atoms with Crippen LogP contribution in [0.3, 0.4) is 0 Å². The maximum absolute atomic E-state index is 10.1. The Hall–Kier alpha value is -0.830. The Bertz CT molecular complexity index is 151. The topological polar surface area (TPSA) is 60.4 Å². The molecule has 64 valence electrons. The van der Waals surface area contributed by atoms with Crippen LogP contribution in [-0.2, 0) is 4.79 Å². The molecule has 0 aromatic carbocycles. The average molecular weight is 157 g/mol. The van der Waals surface area contributed by atoms with E-state index in [1.165, 1.54) is 0 Å². The summed E-state index contributed by atoms with van der Waals surface area (Å²) in [5.41, 5.74) is -0.224. The second-order valence-corrected chi connectivity index (χ2v) is 2.47. The summed E-state index contributed by atoms with van der Waals surface area (Å²) in [5, 5.41) is 19.2. The van der Waals surface area contributed by atoms with E-state index in [0.29, 0.717) is 6.42 Å². The summed E-state index contributed by atoms with van der Waals surface area (Å²) in [6.07, 6.45) is 1.23. The number of carboxylic acids is 1. The van der Waals surface area contributed by atoms with Crippen LogP contribution < -0.4 is 5.11 Å². The molecule has 0 bridgehead atoms. The lowest BCUT2D eigenvalue weighted by atomic mass is 10.1. The van der Waals surface area contributed by atoms with Crippen molar-refractivity contribution in [1.29, 1.82) is 0 Å². The molecule has 0 heterocycles. The van der Waals surface area contributed by atoms with Gasteiger partial charge in [-0.15, -0.1) is 0 Å². The van der Waals surface area contributed by atoms with Gasteiger partial charge in [0.05, 0.1) is 12.1 Å². The van der Waals surface area contributed by atoms with Gasteiger partial charge in [0.15, 0.2) is 0 Å². The number of rotatable bonds is 5. The third kappa shape index (κ3) is 3.78. The molecule has 0 saturated carbocycles. The van der Waals surface area contributed by atoms with Crippen LogP contribution >= 0.6 is 0 Å². The average Bonchev–Trinajstić information content (AvgIpc) is 1.98. The standard InChI is InChI=1S/C8H14O3/c1-3-4-5-7(9)6(2)8(10)11/h7,9H,2-5H2,1H3,(H,10,11)/p-1. The molecule has 0 rings (SSSR count). The zero-order chi connectivity index (χ0) is 8.85. The number of aliphatic hydroxyl groups excluding tert-OH is 1. The van der Waals surface area contributed by atoms with Crippen LogP contribution in [-0.4, -0.2) is 17.2 Å². The Morgan fingerprint density at radius 1 is 1.73 bits per heavy atom. The number of aliphatic hydroxyl groups is 1. The van der Waals surface area contributed by atoms with Crippen LogP contribution in [0.25, 0.3) is 0 Å². The highest BCUT2D eigenvalue weighted by Crippen LogP contribution is 2.07. The molecule has 1 atom stereocenters. The third-order valence-electron chi connectivity index (χ3n) is 1.50. The van der Waals surface area contributed by atoms with Gasteiger partial charge in [-0.25, -0.2) is 0 Å². The van der Waals surface area contributed by atoms with Crippen LogP contribution in [0.1, 0.15) is 26.2 Å². The first-order chi connectivity index (χ1) is 5.09. The summed E-state index contributed by atoms with van der Waals surface area (Å²) in [4.78, 5) is 10.1. The zero-order valence-electron chi connectivity index (χ0n) is 6.67. The van der Waals surface area contributed by atoms with Crippen LogP contribution in [0.15, 0.2) is 12.2 Å². The molecule has 0 radical (unpaired) electrons. The minimum Gasteiger partial charge on any atom is -0.545 e. The van der Waals surface area contributed by atoms with E-state index in [1.807, 2.05) is 6.92 Å². The summed E-state index contributed by atoms with van der Waals surface area (Å²) >= 11 is 0. The Morgan fingerprint density at radius 3 is 2.64 bits per heavy atom. The van der Waals surface area contributed by atoms with E-state index in [9.17, 15) is 9.90 Å². The van der Waals surface area contributed by atoms with E-state index < -0.39 is 12.1 Å². The molecule has 0 spiro atoms. The largest absolute Gasteiger partial charge is 0.545 e. The van der Waals surface area contributed by atoms with Gasteiger partial charge < -0.3 is 15.0 Å². The van der Waals surface area contributed by atoms with E-state index in [2.05, 4.69) is 6.58 Å². The number of carboxylic acid groups (broad SMARTS) is 1. The third-order valence-corrected chi connectivity index (χ3v) is 1.50. The normalized spacial score (nSPS) is 12.5.